The summed E-state index contributed by atoms with van der Waals surface area (Å²) in [6, 6.07) is 14.7. The third-order valence-corrected chi connectivity index (χ3v) is 4.13. The van der Waals surface area contributed by atoms with E-state index < -0.39 is 0 Å². The van der Waals surface area contributed by atoms with Crippen molar-refractivity contribution in [2.75, 3.05) is 0 Å². The lowest BCUT2D eigenvalue weighted by atomic mass is 10.0. The molecule has 3 nitrogen and oxygen atoms in total. The molecule has 0 aliphatic heterocycles. The Morgan fingerprint density at radius 2 is 1.81 bits per heavy atom. The Morgan fingerprint density at radius 1 is 0.810 bits per heavy atom. The van der Waals surface area contributed by atoms with E-state index in [9.17, 15) is 0 Å². The lowest BCUT2D eigenvalue weighted by Crippen LogP contribution is -1.78. The lowest BCUT2D eigenvalue weighted by molar-refractivity contribution is 1.37. The number of fused-ring (bicyclic) bond motifs is 7. The van der Waals surface area contributed by atoms with Crippen LogP contribution in [0.2, 0.25) is 0 Å². The highest BCUT2D eigenvalue weighted by Gasteiger charge is 2.10. The van der Waals surface area contributed by atoms with Gasteiger partial charge in [-0.1, -0.05) is 12.1 Å². The second kappa shape index (κ2) is 3.79. The van der Waals surface area contributed by atoms with Gasteiger partial charge < -0.3 is 4.98 Å². The van der Waals surface area contributed by atoms with Crippen LogP contribution in [-0.4, -0.2) is 15.0 Å². The first kappa shape index (κ1) is 10.8. The van der Waals surface area contributed by atoms with Gasteiger partial charge in [-0.3, -0.25) is 9.97 Å². The molecule has 5 rings (SSSR count). The molecule has 21 heavy (non-hydrogen) atoms. The molecule has 0 bridgehead atoms. The van der Waals surface area contributed by atoms with Crippen molar-refractivity contribution in [2.45, 2.75) is 0 Å². The van der Waals surface area contributed by atoms with Crippen LogP contribution < -0.4 is 0 Å². The minimum Gasteiger partial charge on any atom is -0.354 e. The quantitative estimate of drug-likeness (QED) is 0.452. The third-order valence-electron chi connectivity index (χ3n) is 4.13. The van der Waals surface area contributed by atoms with Crippen LogP contribution in [0.15, 0.2) is 61.1 Å². The third kappa shape index (κ3) is 1.37. The van der Waals surface area contributed by atoms with Gasteiger partial charge in [0.05, 0.1) is 11.0 Å². The zero-order chi connectivity index (χ0) is 13.8. The Bertz CT molecular complexity index is 1140. The zero-order valence-corrected chi connectivity index (χ0v) is 11.2. The SMILES string of the molecule is c1cnc2ccc3c([nH]c4ccc5cnccc5c43)c2c1. The predicted molar refractivity (Wildman–Crippen MR) is 86.4 cm³/mol. The van der Waals surface area contributed by atoms with E-state index in [0.29, 0.717) is 0 Å². The molecule has 0 radical (unpaired) electrons. The summed E-state index contributed by atoms with van der Waals surface area (Å²) in [5, 5.41) is 6.06. The highest BCUT2D eigenvalue weighted by Crippen LogP contribution is 2.34. The van der Waals surface area contributed by atoms with Crippen molar-refractivity contribution < 1.29 is 0 Å². The first-order valence-corrected chi connectivity index (χ1v) is 6.94. The average molecular weight is 269 g/mol. The molecule has 0 unspecified atom stereocenters. The standard InChI is InChI=1S/C18H11N3/c1-2-13-15(20-8-1)6-4-14-17-12-7-9-19-10-11(12)3-5-16(17)21-18(13)14/h1-10,21H. The average Bonchev–Trinajstić information content (AvgIpc) is 2.94. The van der Waals surface area contributed by atoms with Crippen LogP contribution in [0, 0.1) is 0 Å². The Hall–Kier alpha value is -2.94. The molecule has 0 saturated carbocycles. The fourth-order valence-electron chi connectivity index (χ4n) is 3.19. The summed E-state index contributed by atoms with van der Waals surface area (Å²) in [6.45, 7) is 0. The number of nitrogens with one attached hydrogen (secondary N) is 1. The van der Waals surface area contributed by atoms with Crippen molar-refractivity contribution in [1.29, 1.82) is 0 Å². The first-order chi connectivity index (χ1) is 10.4. The van der Waals surface area contributed by atoms with Crippen molar-refractivity contribution in [1.82, 2.24) is 15.0 Å². The van der Waals surface area contributed by atoms with Gasteiger partial charge >= 0.3 is 0 Å². The van der Waals surface area contributed by atoms with Gasteiger partial charge in [-0.2, -0.15) is 0 Å². The van der Waals surface area contributed by atoms with Gasteiger partial charge in [0, 0.05) is 45.7 Å². The summed E-state index contributed by atoms with van der Waals surface area (Å²) in [6.07, 6.45) is 5.59. The molecule has 3 heteroatoms. The van der Waals surface area contributed by atoms with Crippen LogP contribution in [-0.2, 0) is 0 Å². The molecular formula is C18H11N3. The molecular weight excluding hydrogens is 258 g/mol. The smallest absolute Gasteiger partial charge is 0.0723 e. The maximum Gasteiger partial charge on any atom is 0.0723 e. The van der Waals surface area contributed by atoms with Gasteiger partial charge in [0.15, 0.2) is 0 Å². The molecule has 3 aromatic heterocycles. The second-order valence-corrected chi connectivity index (χ2v) is 5.27. The topological polar surface area (TPSA) is 41.6 Å². The van der Waals surface area contributed by atoms with E-state index in [1.165, 1.54) is 16.2 Å². The maximum absolute atomic E-state index is 4.43. The largest absolute Gasteiger partial charge is 0.354 e. The summed E-state index contributed by atoms with van der Waals surface area (Å²) in [4.78, 5) is 12.2. The minimum absolute atomic E-state index is 1.02. The number of pyridine rings is 2. The van der Waals surface area contributed by atoms with Crippen LogP contribution in [0.1, 0.15) is 0 Å². The molecule has 98 valence electrons. The number of benzene rings is 2. The predicted octanol–water partition coefficient (Wildman–Crippen LogP) is 4.42. The van der Waals surface area contributed by atoms with Crippen molar-refractivity contribution in [3.05, 3.63) is 61.1 Å². The molecule has 0 atom stereocenters. The van der Waals surface area contributed by atoms with E-state index in [2.05, 4.69) is 51.4 Å². The summed E-state index contributed by atoms with van der Waals surface area (Å²) in [5.41, 5.74) is 3.32. The van der Waals surface area contributed by atoms with E-state index >= 15 is 0 Å². The number of hydrogen-bond acceptors (Lipinski definition) is 2. The van der Waals surface area contributed by atoms with Crippen LogP contribution in [0.25, 0.3) is 43.5 Å². The van der Waals surface area contributed by atoms with Gasteiger partial charge in [0.1, 0.15) is 0 Å². The normalized spacial score (nSPS) is 11.8. The number of aromatic amines is 1. The van der Waals surface area contributed by atoms with E-state index in [-0.39, 0.29) is 0 Å². The van der Waals surface area contributed by atoms with Gasteiger partial charge in [0.2, 0.25) is 0 Å². The zero-order valence-electron chi connectivity index (χ0n) is 11.2. The maximum atomic E-state index is 4.43. The molecule has 0 aliphatic carbocycles. The number of rotatable bonds is 0. The summed E-state index contributed by atoms with van der Waals surface area (Å²) in [5.74, 6) is 0. The Labute approximate surface area is 120 Å². The lowest BCUT2D eigenvalue weighted by Gasteiger charge is -2.00. The van der Waals surface area contributed by atoms with E-state index in [1.807, 2.05) is 24.7 Å². The Balaban J connectivity index is 2.11. The summed E-state index contributed by atoms with van der Waals surface area (Å²) in [7, 11) is 0. The molecule has 0 spiro atoms. The minimum atomic E-state index is 1.02. The number of nitrogens with zero attached hydrogens (tertiary/aromatic N) is 2. The molecule has 0 saturated heterocycles. The highest BCUT2D eigenvalue weighted by atomic mass is 14.7. The molecule has 0 aliphatic rings. The Morgan fingerprint density at radius 3 is 2.81 bits per heavy atom. The fourth-order valence-corrected chi connectivity index (χ4v) is 3.19. The van der Waals surface area contributed by atoms with Crippen molar-refractivity contribution in [2.24, 2.45) is 0 Å². The van der Waals surface area contributed by atoms with Crippen LogP contribution in [0.5, 0.6) is 0 Å². The van der Waals surface area contributed by atoms with E-state index in [4.69, 9.17) is 0 Å². The first-order valence-electron chi connectivity index (χ1n) is 6.94. The fraction of sp³-hybridized carbons (Fsp3) is 0. The summed E-state index contributed by atoms with van der Waals surface area (Å²) >= 11 is 0. The molecule has 3 heterocycles. The molecule has 1 N–H and O–H groups in total. The molecule has 2 aromatic carbocycles. The van der Waals surface area contributed by atoms with E-state index in [0.717, 1.165) is 27.3 Å². The van der Waals surface area contributed by atoms with Crippen LogP contribution in [0.3, 0.4) is 0 Å². The van der Waals surface area contributed by atoms with Gasteiger partial charge in [0.25, 0.3) is 0 Å². The van der Waals surface area contributed by atoms with Crippen molar-refractivity contribution >= 4 is 43.5 Å². The van der Waals surface area contributed by atoms with Crippen molar-refractivity contribution in [3.8, 4) is 0 Å². The number of hydrogen-bond donors (Lipinski definition) is 1. The number of H-pyrrole nitrogens is 1. The monoisotopic (exact) mass is 269 g/mol. The van der Waals surface area contributed by atoms with Gasteiger partial charge in [-0.25, -0.2) is 0 Å². The van der Waals surface area contributed by atoms with Gasteiger partial charge in [-0.05, 0) is 35.7 Å². The van der Waals surface area contributed by atoms with Crippen LogP contribution in [0.4, 0.5) is 0 Å². The second-order valence-electron chi connectivity index (χ2n) is 5.27. The summed E-state index contributed by atoms with van der Waals surface area (Å²) < 4.78 is 0. The van der Waals surface area contributed by atoms with Gasteiger partial charge in [-0.15, -0.1) is 0 Å². The van der Waals surface area contributed by atoms with E-state index in [1.54, 1.807) is 0 Å². The van der Waals surface area contributed by atoms with Crippen molar-refractivity contribution in [3.63, 3.8) is 0 Å². The molecule has 5 aromatic rings. The highest BCUT2D eigenvalue weighted by molar-refractivity contribution is 6.24. The number of aromatic nitrogens is 3. The molecule has 0 amide bonds. The molecule has 0 fully saturated rings. The van der Waals surface area contributed by atoms with Crippen LogP contribution >= 0.6 is 0 Å². The Kier molecular flexibility index (Phi) is 1.95.